The molecule has 134 valence electrons. The molecule has 1 aliphatic rings. The standard InChI is InChI=1S/C19H29O4P/c1-22-16-12-8-13-17(23-2)18(16)19(20)24(21)14-7-3-4-9-15-10-5-6-11-15/h8,12-13,15,24H,3-7,9-11,14H2,1-2H3. The number of rotatable bonds is 10. The van der Waals surface area contributed by atoms with Crippen LogP contribution in [0.2, 0.25) is 0 Å². The number of benzene rings is 1. The summed E-state index contributed by atoms with van der Waals surface area (Å²) in [6, 6.07) is 5.16. The third-order valence-corrected chi connectivity index (χ3v) is 6.46. The first kappa shape index (κ1) is 19.1. The molecule has 0 radical (unpaired) electrons. The zero-order chi connectivity index (χ0) is 17.4. The Bertz CT molecular complexity index is 542. The van der Waals surface area contributed by atoms with Gasteiger partial charge in [-0.3, -0.25) is 4.79 Å². The zero-order valence-corrected chi connectivity index (χ0v) is 15.8. The fourth-order valence-electron chi connectivity index (χ4n) is 3.52. The van der Waals surface area contributed by atoms with E-state index >= 15 is 0 Å². The highest BCUT2D eigenvalue weighted by molar-refractivity contribution is 7.64. The Morgan fingerprint density at radius 2 is 1.71 bits per heavy atom. The van der Waals surface area contributed by atoms with Gasteiger partial charge in [0, 0.05) is 6.16 Å². The average molecular weight is 352 g/mol. The van der Waals surface area contributed by atoms with Crippen molar-refractivity contribution in [2.45, 2.75) is 51.4 Å². The molecule has 2 rings (SSSR count). The molecule has 1 atom stereocenters. The van der Waals surface area contributed by atoms with Crippen molar-refractivity contribution in [3.63, 3.8) is 0 Å². The van der Waals surface area contributed by atoms with Crippen LogP contribution in [0.4, 0.5) is 0 Å². The summed E-state index contributed by atoms with van der Waals surface area (Å²) in [5, 5.41) is 0. The minimum absolute atomic E-state index is 0.317. The van der Waals surface area contributed by atoms with Crippen LogP contribution in [0.15, 0.2) is 18.2 Å². The smallest absolute Gasteiger partial charge is 0.225 e. The molecule has 1 aromatic carbocycles. The molecular weight excluding hydrogens is 323 g/mol. The summed E-state index contributed by atoms with van der Waals surface area (Å²) in [6.45, 7) is 0. The fraction of sp³-hybridized carbons (Fsp3) is 0.632. The van der Waals surface area contributed by atoms with Crippen LogP contribution < -0.4 is 9.47 Å². The van der Waals surface area contributed by atoms with Crippen molar-refractivity contribution in [2.75, 3.05) is 20.4 Å². The van der Waals surface area contributed by atoms with Crippen molar-refractivity contribution in [2.24, 2.45) is 5.92 Å². The molecule has 24 heavy (non-hydrogen) atoms. The van der Waals surface area contributed by atoms with Crippen LogP contribution in [0.3, 0.4) is 0 Å². The fourth-order valence-corrected chi connectivity index (χ4v) is 4.85. The second-order valence-electron chi connectivity index (χ2n) is 6.54. The van der Waals surface area contributed by atoms with Crippen molar-refractivity contribution in [1.82, 2.24) is 0 Å². The highest BCUT2D eigenvalue weighted by Gasteiger charge is 2.22. The molecule has 1 aliphatic carbocycles. The molecule has 4 nitrogen and oxygen atoms in total. The molecular formula is C19H29O4P. The Morgan fingerprint density at radius 3 is 2.29 bits per heavy atom. The largest absolute Gasteiger partial charge is 0.496 e. The van der Waals surface area contributed by atoms with Gasteiger partial charge in [0.1, 0.15) is 24.9 Å². The number of hydrogen-bond donors (Lipinski definition) is 0. The number of carbonyl (C=O) groups is 1. The SMILES string of the molecule is COc1cccc(OC)c1C(=O)[PH](=O)CCCCCC1CCCC1. The first-order valence-corrected chi connectivity index (χ1v) is 10.6. The lowest BCUT2D eigenvalue weighted by Gasteiger charge is -2.12. The molecule has 1 unspecified atom stereocenters. The summed E-state index contributed by atoms with van der Waals surface area (Å²) in [5.41, 5.74) is -0.0116. The van der Waals surface area contributed by atoms with Gasteiger partial charge < -0.3 is 14.0 Å². The van der Waals surface area contributed by atoms with E-state index in [-0.39, 0.29) is 5.52 Å². The van der Waals surface area contributed by atoms with E-state index in [1.807, 2.05) is 0 Å². The van der Waals surface area contributed by atoms with Crippen LogP contribution >= 0.6 is 7.80 Å². The highest BCUT2D eigenvalue weighted by atomic mass is 31.1. The van der Waals surface area contributed by atoms with Gasteiger partial charge in [-0.1, -0.05) is 51.0 Å². The van der Waals surface area contributed by atoms with Crippen molar-refractivity contribution in [1.29, 1.82) is 0 Å². The Kier molecular flexibility index (Phi) is 7.84. The molecule has 0 heterocycles. The van der Waals surface area contributed by atoms with Crippen LogP contribution in [0.5, 0.6) is 11.5 Å². The molecule has 0 N–H and O–H groups in total. The number of hydrogen-bond acceptors (Lipinski definition) is 4. The molecule has 0 aliphatic heterocycles. The van der Waals surface area contributed by atoms with E-state index in [0.29, 0.717) is 23.2 Å². The number of carbonyl (C=O) groups excluding carboxylic acids is 1. The summed E-state index contributed by atoms with van der Waals surface area (Å²) in [7, 11) is 0.680. The van der Waals surface area contributed by atoms with E-state index in [4.69, 9.17) is 9.47 Å². The van der Waals surface area contributed by atoms with Gasteiger partial charge >= 0.3 is 0 Å². The normalized spacial score (nSPS) is 16.1. The number of ether oxygens (including phenoxy) is 2. The maximum atomic E-state index is 12.5. The predicted molar refractivity (Wildman–Crippen MR) is 98.2 cm³/mol. The average Bonchev–Trinajstić information content (AvgIpc) is 3.13. The number of methoxy groups -OCH3 is 2. The Hall–Kier alpha value is -1.28. The van der Waals surface area contributed by atoms with Crippen LogP contribution in [0.1, 0.15) is 61.7 Å². The van der Waals surface area contributed by atoms with Crippen molar-refractivity contribution < 1.29 is 18.8 Å². The Labute approximate surface area is 145 Å². The van der Waals surface area contributed by atoms with Gasteiger partial charge in [-0.05, 0) is 24.5 Å². The lowest BCUT2D eigenvalue weighted by molar-refractivity contribution is 0.107. The van der Waals surface area contributed by atoms with Crippen LogP contribution in [-0.4, -0.2) is 25.9 Å². The predicted octanol–water partition coefficient (Wildman–Crippen LogP) is 5.15. The van der Waals surface area contributed by atoms with E-state index in [1.54, 1.807) is 18.2 Å². The molecule has 0 amide bonds. The lowest BCUT2D eigenvalue weighted by Crippen LogP contribution is -2.03. The zero-order valence-electron chi connectivity index (χ0n) is 14.8. The number of unbranched alkanes of at least 4 members (excludes halogenated alkanes) is 2. The maximum absolute atomic E-state index is 12.5. The first-order chi connectivity index (χ1) is 11.7. The van der Waals surface area contributed by atoms with Gasteiger partial charge in [-0.15, -0.1) is 0 Å². The minimum atomic E-state index is -2.33. The summed E-state index contributed by atoms with van der Waals surface area (Å²) in [5.74, 6) is 1.76. The third-order valence-electron chi connectivity index (χ3n) is 4.90. The third kappa shape index (κ3) is 5.11. The molecule has 5 heteroatoms. The molecule has 0 spiro atoms. The van der Waals surface area contributed by atoms with Crippen LogP contribution in [0, 0.1) is 5.92 Å². The molecule has 1 fully saturated rings. The summed E-state index contributed by atoms with van der Waals surface area (Å²) < 4.78 is 22.9. The van der Waals surface area contributed by atoms with E-state index in [9.17, 15) is 9.36 Å². The molecule has 1 saturated carbocycles. The van der Waals surface area contributed by atoms with Crippen LogP contribution in [0.25, 0.3) is 0 Å². The van der Waals surface area contributed by atoms with E-state index < -0.39 is 7.80 Å². The Morgan fingerprint density at radius 1 is 1.08 bits per heavy atom. The van der Waals surface area contributed by atoms with Gasteiger partial charge in [0.2, 0.25) is 5.52 Å². The van der Waals surface area contributed by atoms with Crippen molar-refractivity contribution in [3.8, 4) is 11.5 Å². The highest BCUT2D eigenvalue weighted by Crippen LogP contribution is 2.38. The van der Waals surface area contributed by atoms with Crippen molar-refractivity contribution >= 4 is 13.3 Å². The van der Waals surface area contributed by atoms with Gasteiger partial charge in [0.15, 0.2) is 0 Å². The van der Waals surface area contributed by atoms with E-state index in [2.05, 4.69) is 0 Å². The second-order valence-corrected chi connectivity index (χ2v) is 8.34. The topological polar surface area (TPSA) is 52.6 Å². The molecule has 0 saturated heterocycles. The molecule has 0 bridgehead atoms. The Balaban J connectivity index is 1.82. The molecule has 1 aromatic rings. The van der Waals surface area contributed by atoms with Gasteiger partial charge in [0.05, 0.1) is 14.2 Å². The van der Waals surface area contributed by atoms with Crippen LogP contribution in [-0.2, 0) is 4.57 Å². The van der Waals surface area contributed by atoms with Gasteiger partial charge in [-0.25, -0.2) is 0 Å². The van der Waals surface area contributed by atoms with Gasteiger partial charge in [0.25, 0.3) is 0 Å². The lowest BCUT2D eigenvalue weighted by atomic mass is 10.0. The maximum Gasteiger partial charge on any atom is 0.225 e. The monoisotopic (exact) mass is 352 g/mol. The van der Waals surface area contributed by atoms with Gasteiger partial charge in [-0.2, -0.15) is 0 Å². The summed E-state index contributed by atoms with van der Waals surface area (Å²) in [4.78, 5) is 12.5. The minimum Gasteiger partial charge on any atom is -0.496 e. The van der Waals surface area contributed by atoms with E-state index in [0.717, 1.165) is 18.8 Å². The first-order valence-electron chi connectivity index (χ1n) is 8.96. The summed E-state index contributed by atoms with van der Waals surface area (Å²) >= 11 is 0. The quantitative estimate of drug-likeness (QED) is 0.431. The second kappa shape index (κ2) is 9.88. The van der Waals surface area contributed by atoms with E-state index in [1.165, 1.54) is 52.7 Å². The summed E-state index contributed by atoms with van der Waals surface area (Å²) in [6.07, 6.45) is 10.4. The van der Waals surface area contributed by atoms with Crippen molar-refractivity contribution in [3.05, 3.63) is 23.8 Å². The molecule has 0 aromatic heterocycles.